The number of nitrogens with one attached hydrogen (secondary N) is 1. The van der Waals surface area contributed by atoms with Crippen LogP contribution in [0.5, 0.6) is 0 Å². The van der Waals surface area contributed by atoms with Gasteiger partial charge >= 0.3 is 5.97 Å². The number of carbonyl (C=O) groups excluding carboxylic acids is 1. The van der Waals surface area contributed by atoms with Crippen molar-refractivity contribution in [1.29, 1.82) is 0 Å². The summed E-state index contributed by atoms with van der Waals surface area (Å²) in [7, 11) is 1.30. The van der Waals surface area contributed by atoms with Crippen LogP contribution in [0.4, 0.5) is 11.5 Å². The number of methoxy groups -OCH3 is 1. The molecule has 7 heteroatoms. The Labute approximate surface area is 126 Å². The highest BCUT2D eigenvalue weighted by Crippen LogP contribution is 2.28. The van der Waals surface area contributed by atoms with Crippen molar-refractivity contribution in [2.75, 3.05) is 12.4 Å². The number of rotatable bonds is 3. The van der Waals surface area contributed by atoms with Crippen LogP contribution in [0.25, 0.3) is 0 Å². The molecule has 1 heterocycles. The Morgan fingerprint density at radius 1 is 1.26 bits per heavy atom. The zero-order valence-corrected chi connectivity index (χ0v) is 13.0. The average Bonchev–Trinajstić information content (AvgIpc) is 2.43. The summed E-state index contributed by atoms with van der Waals surface area (Å²) < 4.78 is 6.39. The molecule has 0 aliphatic carbocycles. The molecule has 1 aromatic heterocycles. The number of hydrogen-bond acceptors (Lipinski definition) is 5. The molecule has 1 N–H and O–H groups in total. The Balaban J connectivity index is 2.19. The fourth-order valence-corrected chi connectivity index (χ4v) is 2.04. The lowest BCUT2D eigenvalue weighted by Crippen LogP contribution is -2.05. The van der Waals surface area contributed by atoms with Crippen molar-refractivity contribution in [3.63, 3.8) is 0 Å². The topological polar surface area (TPSA) is 64.1 Å². The van der Waals surface area contributed by atoms with Crippen LogP contribution in [0, 0.1) is 0 Å². The van der Waals surface area contributed by atoms with Gasteiger partial charge in [0.05, 0.1) is 25.2 Å². The third kappa shape index (κ3) is 3.51. The summed E-state index contributed by atoms with van der Waals surface area (Å²) in [5, 5.41) is 3.09. The van der Waals surface area contributed by atoms with Crippen molar-refractivity contribution in [3.8, 4) is 0 Å². The van der Waals surface area contributed by atoms with E-state index in [1.165, 1.54) is 19.5 Å². The maximum Gasteiger partial charge on any atom is 0.358 e. The summed E-state index contributed by atoms with van der Waals surface area (Å²) >= 11 is 6.82. The molecule has 0 fully saturated rings. The monoisotopic (exact) mass is 385 g/mol. The molecule has 98 valence electrons. The van der Waals surface area contributed by atoms with Gasteiger partial charge in [0.1, 0.15) is 5.82 Å². The van der Waals surface area contributed by atoms with E-state index in [-0.39, 0.29) is 5.69 Å². The van der Waals surface area contributed by atoms with Gasteiger partial charge < -0.3 is 10.1 Å². The minimum absolute atomic E-state index is 0.168. The lowest BCUT2D eigenvalue weighted by molar-refractivity contribution is 0.0593. The van der Waals surface area contributed by atoms with E-state index in [1.807, 2.05) is 18.2 Å². The molecular weight excluding hydrogens is 378 g/mol. The van der Waals surface area contributed by atoms with E-state index in [4.69, 9.17) is 0 Å². The smallest absolute Gasteiger partial charge is 0.358 e. The van der Waals surface area contributed by atoms with Gasteiger partial charge in [-0.25, -0.2) is 14.8 Å². The lowest BCUT2D eigenvalue weighted by Gasteiger charge is -2.08. The van der Waals surface area contributed by atoms with Gasteiger partial charge in [0.15, 0.2) is 5.69 Å². The first-order valence-electron chi connectivity index (χ1n) is 5.22. The van der Waals surface area contributed by atoms with Crippen LogP contribution in [-0.2, 0) is 4.74 Å². The van der Waals surface area contributed by atoms with Crippen LogP contribution in [0.2, 0.25) is 0 Å². The predicted octanol–water partition coefficient (Wildman–Crippen LogP) is 3.53. The van der Waals surface area contributed by atoms with Gasteiger partial charge in [0, 0.05) is 8.95 Å². The number of hydrogen-bond donors (Lipinski definition) is 1. The van der Waals surface area contributed by atoms with Gasteiger partial charge in [-0.1, -0.05) is 15.9 Å². The second-order valence-corrected chi connectivity index (χ2v) is 5.30. The van der Waals surface area contributed by atoms with E-state index in [2.05, 4.69) is 51.9 Å². The minimum Gasteiger partial charge on any atom is -0.464 e. The van der Waals surface area contributed by atoms with Crippen molar-refractivity contribution in [3.05, 3.63) is 45.2 Å². The number of halogens is 2. The number of esters is 1. The second-order valence-electron chi connectivity index (χ2n) is 3.53. The van der Waals surface area contributed by atoms with Crippen LogP contribution in [0.1, 0.15) is 10.5 Å². The molecule has 0 saturated carbocycles. The summed E-state index contributed by atoms with van der Waals surface area (Å²) in [4.78, 5) is 19.3. The van der Waals surface area contributed by atoms with Crippen molar-refractivity contribution < 1.29 is 9.53 Å². The SMILES string of the molecule is COC(=O)c1cnc(Nc2cc(Br)ccc2Br)cn1. The highest BCUT2D eigenvalue weighted by molar-refractivity contribution is 9.11. The quantitative estimate of drug-likeness (QED) is 0.817. The Kier molecular flexibility index (Phi) is 4.49. The van der Waals surface area contributed by atoms with E-state index < -0.39 is 5.97 Å². The summed E-state index contributed by atoms with van der Waals surface area (Å²) in [6.45, 7) is 0. The summed E-state index contributed by atoms with van der Waals surface area (Å²) in [5.41, 5.74) is 1.01. The minimum atomic E-state index is -0.511. The first kappa shape index (κ1) is 14.0. The van der Waals surface area contributed by atoms with Gasteiger partial charge in [-0.3, -0.25) is 0 Å². The fraction of sp³-hybridized carbons (Fsp3) is 0.0833. The first-order chi connectivity index (χ1) is 9.10. The third-order valence-electron chi connectivity index (χ3n) is 2.24. The molecule has 0 spiro atoms. The molecule has 0 atom stereocenters. The largest absolute Gasteiger partial charge is 0.464 e. The predicted molar refractivity (Wildman–Crippen MR) is 78.5 cm³/mol. The molecule has 2 rings (SSSR count). The molecule has 0 aliphatic heterocycles. The van der Waals surface area contributed by atoms with Crippen LogP contribution < -0.4 is 5.32 Å². The normalized spacial score (nSPS) is 10.1. The number of ether oxygens (including phenoxy) is 1. The molecule has 19 heavy (non-hydrogen) atoms. The molecule has 0 radical (unpaired) electrons. The molecule has 0 bridgehead atoms. The van der Waals surface area contributed by atoms with Gasteiger partial charge in [0.25, 0.3) is 0 Å². The molecule has 2 aromatic rings. The number of benzene rings is 1. The van der Waals surface area contributed by atoms with Crippen LogP contribution in [0.3, 0.4) is 0 Å². The first-order valence-corrected chi connectivity index (χ1v) is 6.81. The Morgan fingerprint density at radius 2 is 2.05 bits per heavy atom. The van der Waals surface area contributed by atoms with E-state index >= 15 is 0 Å². The molecule has 5 nitrogen and oxygen atoms in total. The van der Waals surface area contributed by atoms with Crippen molar-refractivity contribution in [1.82, 2.24) is 9.97 Å². The van der Waals surface area contributed by atoms with Crippen LogP contribution >= 0.6 is 31.9 Å². The maximum atomic E-state index is 11.2. The summed E-state index contributed by atoms with van der Waals surface area (Å²) in [6, 6.07) is 5.73. The number of anilines is 2. The number of aromatic nitrogens is 2. The molecular formula is C12H9Br2N3O2. The molecule has 0 saturated heterocycles. The highest BCUT2D eigenvalue weighted by atomic mass is 79.9. The van der Waals surface area contributed by atoms with E-state index in [1.54, 1.807) is 0 Å². The highest BCUT2D eigenvalue weighted by Gasteiger charge is 2.08. The molecule has 0 unspecified atom stereocenters. The fourth-order valence-electron chi connectivity index (χ4n) is 1.33. The van der Waals surface area contributed by atoms with E-state index in [0.29, 0.717) is 5.82 Å². The van der Waals surface area contributed by atoms with Crippen LogP contribution in [0.15, 0.2) is 39.5 Å². The Hall–Kier alpha value is -1.47. The van der Waals surface area contributed by atoms with Gasteiger partial charge in [-0.15, -0.1) is 0 Å². The Morgan fingerprint density at radius 3 is 2.68 bits per heavy atom. The van der Waals surface area contributed by atoms with Crippen LogP contribution in [-0.4, -0.2) is 23.0 Å². The maximum absolute atomic E-state index is 11.2. The zero-order valence-electron chi connectivity index (χ0n) is 9.85. The standard InChI is InChI=1S/C12H9Br2N3O2/c1-19-12(18)10-5-16-11(6-15-10)17-9-4-7(13)2-3-8(9)14/h2-6H,1H3,(H,16,17). The van der Waals surface area contributed by atoms with Crippen molar-refractivity contribution >= 4 is 49.3 Å². The van der Waals surface area contributed by atoms with E-state index in [0.717, 1.165) is 14.6 Å². The molecule has 0 amide bonds. The molecule has 0 aliphatic rings. The van der Waals surface area contributed by atoms with Crippen molar-refractivity contribution in [2.45, 2.75) is 0 Å². The summed E-state index contributed by atoms with van der Waals surface area (Å²) in [5.74, 6) is 0.0224. The number of carbonyl (C=O) groups is 1. The lowest BCUT2D eigenvalue weighted by atomic mass is 10.3. The summed E-state index contributed by atoms with van der Waals surface area (Å²) in [6.07, 6.45) is 2.83. The van der Waals surface area contributed by atoms with Crippen molar-refractivity contribution in [2.24, 2.45) is 0 Å². The van der Waals surface area contributed by atoms with Gasteiger partial charge in [-0.05, 0) is 34.1 Å². The average molecular weight is 387 g/mol. The van der Waals surface area contributed by atoms with Gasteiger partial charge in [-0.2, -0.15) is 0 Å². The Bertz CT molecular complexity index is 602. The molecule has 1 aromatic carbocycles. The second kappa shape index (κ2) is 6.12. The zero-order chi connectivity index (χ0) is 13.8. The third-order valence-corrected chi connectivity index (χ3v) is 3.42. The number of nitrogens with zero attached hydrogens (tertiary/aromatic N) is 2. The van der Waals surface area contributed by atoms with E-state index in [9.17, 15) is 4.79 Å². The van der Waals surface area contributed by atoms with Gasteiger partial charge in [0.2, 0.25) is 0 Å².